The van der Waals surface area contributed by atoms with E-state index in [9.17, 15) is 13.2 Å². The minimum Gasteiger partial charge on any atom is -0.422 e. The minimum absolute atomic E-state index is 0.0456. The van der Waals surface area contributed by atoms with Gasteiger partial charge in [-0.2, -0.15) is 0 Å². The summed E-state index contributed by atoms with van der Waals surface area (Å²) < 4.78 is 34.7. The van der Waals surface area contributed by atoms with Crippen LogP contribution in [0.2, 0.25) is 5.02 Å². The fraction of sp³-hybridized carbons (Fsp3) is 0.0333. The molecule has 5 aromatic rings. The number of ether oxygens (including phenoxy) is 1. The van der Waals surface area contributed by atoms with E-state index in [0.29, 0.717) is 16.5 Å². The highest BCUT2D eigenvalue weighted by atomic mass is 35.5. The van der Waals surface area contributed by atoms with Gasteiger partial charge in [-0.1, -0.05) is 96.5 Å². The minimum atomic E-state index is -4.10. The van der Waals surface area contributed by atoms with E-state index in [1.54, 1.807) is 36.4 Å². The van der Waals surface area contributed by atoms with Crippen LogP contribution in [0.25, 0.3) is 10.8 Å². The number of rotatable bonds is 7. The molecule has 0 fully saturated rings. The van der Waals surface area contributed by atoms with E-state index in [4.69, 9.17) is 16.3 Å². The van der Waals surface area contributed by atoms with Crippen LogP contribution < -0.4 is 9.04 Å². The predicted molar refractivity (Wildman–Crippen MR) is 147 cm³/mol. The number of carbonyl (C=O) groups is 1. The van der Waals surface area contributed by atoms with Gasteiger partial charge in [0.2, 0.25) is 0 Å². The van der Waals surface area contributed by atoms with Crippen LogP contribution in [0.3, 0.4) is 0 Å². The van der Waals surface area contributed by atoms with Crippen LogP contribution in [0, 0.1) is 0 Å². The molecule has 0 atom stereocenters. The molecule has 5 aromatic carbocycles. The van der Waals surface area contributed by atoms with E-state index in [0.717, 1.165) is 16.3 Å². The third kappa shape index (κ3) is 5.21. The van der Waals surface area contributed by atoms with Crippen LogP contribution in [-0.2, 0) is 16.6 Å². The van der Waals surface area contributed by atoms with E-state index >= 15 is 0 Å². The summed E-state index contributed by atoms with van der Waals surface area (Å²) in [6.45, 7) is 0.0670. The average Bonchev–Trinajstić information content (AvgIpc) is 2.93. The lowest BCUT2D eigenvalue weighted by Gasteiger charge is -2.25. The number of benzene rings is 5. The first-order valence-corrected chi connectivity index (χ1v) is 13.4. The summed E-state index contributed by atoms with van der Waals surface area (Å²) in [6, 6.07) is 34.8. The Morgan fingerprint density at radius 3 is 2.24 bits per heavy atom. The molecule has 7 heteroatoms. The summed E-state index contributed by atoms with van der Waals surface area (Å²) in [5.74, 6) is -0.251. The van der Waals surface area contributed by atoms with Gasteiger partial charge in [0.05, 0.1) is 27.7 Å². The molecule has 0 radical (unpaired) electrons. The van der Waals surface area contributed by atoms with Crippen LogP contribution in [0.4, 0.5) is 5.69 Å². The summed E-state index contributed by atoms with van der Waals surface area (Å²) in [4.78, 5) is 13.0. The first-order chi connectivity index (χ1) is 17.9. The summed E-state index contributed by atoms with van der Waals surface area (Å²) in [5, 5.41) is 2.02. The number of anilines is 1. The standard InChI is InChI=1S/C30H22ClNO4S/c31-27-17-6-7-18-28(27)32(21-22-10-2-1-3-11-22)37(34,35)25-15-8-14-24(20-25)30(33)36-29-19-9-13-23-12-4-5-16-26(23)29/h1-20H,21H2. The number of sulfonamides is 1. The smallest absolute Gasteiger partial charge is 0.343 e. The van der Waals surface area contributed by atoms with Gasteiger partial charge in [0, 0.05) is 5.39 Å². The van der Waals surface area contributed by atoms with Crippen molar-refractivity contribution in [2.75, 3.05) is 4.31 Å². The molecule has 0 N–H and O–H groups in total. The number of carbonyl (C=O) groups excluding carboxylic acids is 1. The lowest BCUT2D eigenvalue weighted by Crippen LogP contribution is -2.31. The molecule has 37 heavy (non-hydrogen) atoms. The Morgan fingerprint density at radius 1 is 0.757 bits per heavy atom. The Bertz CT molecular complexity index is 1680. The zero-order valence-electron chi connectivity index (χ0n) is 19.6. The number of hydrogen-bond acceptors (Lipinski definition) is 4. The van der Waals surface area contributed by atoms with E-state index in [1.165, 1.54) is 28.6 Å². The molecule has 0 saturated carbocycles. The molecule has 0 heterocycles. The van der Waals surface area contributed by atoms with Crippen molar-refractivity contribution in [1.82, 2.24) is 0 Å². The first-order valence-electron chi connectivity index (χ1n) is 11.5. The number of para-hydroxylation sites is 1. The largest absolute Gasteiger partial charge is 0.422 e. The highest BCUT2D eigenvalue weighted by molar-refractivity contribution is 7.92. The van der Waals surface area contributed by atoms with Gasteiger partial charge in [0.1, 0.15) is 5.75 Å². The molecule has 184 valence electrons. The second-order valence-corrected chi connectivity index (χ2v) is 10.6. The normalized spacial score (nSPS) is 11.3. The Hall–Kier alpha value is -4.13. The van der Waals surface area contributed by atoms with Gasteiger partial charge in [-0.25, -0.2) is 13.2 Å². The molecule has 0 bridgehead atoms. The third-order valence-electron chi connectivity index (χ3n) is 5.90. The van der Waals surface area contributed by atoms with E-state index < -0.39 is 16.0 Å². The van der Waals surface area contributed by atoms with Crippen LogP contribution in [-0.4, -0.2) is 14.4 Å². The molecule has 0 unspecified atom stereocenters. The van der Waals surface area contributed by atoms with E-state index in [2.05, 4.69) is 0 Å². The summed E-state index contributed by atoms with van der Waals surface area (Å²) in [5.41, 5.74) is 1.25. The number of hydrogen-bond donors (Lipinski definition) is 0. The Kier molecular flexibility index (Phi) is 6.95. The zero-order valence-corrected chi connectivity index (χ0v) is 21.2. The van der Waals surface area contributed by atoms with Crippen LogP contribution in [0.5, 0.6) is 5.75 Å². The summed E-state index contributed by atoms with van der Waals surface area (Å²) >= 11 is 6.42. The van der Waals surface area contributed by atoms with Gasteiger partial charge in [-0.15, -0.1) is 0 Å². The summed E-state index contributed by atoms with van der Waals surface area (Å²) in [7, 11) is -4.10. The van der Waals surface area contributed by atoms with Crippen molar-refractivity contribution in [3.05, 3.63) is 137 Å². The van der Waals surface area contributed by atoms with Gasteiger partial charge in [-0.3, -0.25) is 4.31 Å². The monoisotopic (exact) mass is 527 g/mol. The van der Waals surface area contributed by atoms with Crippen LogP contribution >= 0.6 is 11.6 Å². The second kappa shape index (κ2) is 10.5. The van der Waals surface area contributed by atoms with Crippen molar-refractivity contribution in [3.63, 3.8) is 0 Å². The average molecular weight is 528 g/mol. The number of fused-ring (bicyclic) bond motifs is 1. The van der Waals surface area contributed by atoms with Crippen molar-refractivity contribution in [1.29, 1.82) is 0 Å². The summed E-state index contributed by atoms with van der Waals surface area (Å²) in [6.07, 6.45) is 0. The highest BCUT2D eigenvalue weighted by Crippen LogP contribution is 2.32. The van der Waals surface area contributed by atoms with E-state index in [1.807, 2.05) is 60.7 Å². The maximum Gasteiger partial charge on any atom is 0.343 e. The molecule has 5 nitrogen and oxygen atoms in total. The van der Waals surface area contributed by atoms with Gasteiger partial charge in [0.15, 0.2) is 0 Å². The van der Waals surface area contributed by atoms with Crippen molar-refractivity contribution >= 4 is 44.1 Å². The first kappa shape index (κ1) is 24.6. The van der Waals surface area contributed by atoms with Crippen LogP contribution in [0.15, 0.2) is 126 Å². The quantitative estimate of drug-likeness (QED) is 0.167. The third-order valence-corrected chi connectivity index (χ3v) is 7.98. The predicted octanol–water partition coefficient (Wildman–Crippen LogP) is 7.11. The number of esters is 1. The highest BCUT2D eigenvalue weighted by Gasteiger charge is 2.28. The van der Waals surface area contributed by atoms with Gasteiger partial charge >= 0.3 is 5.97 Å². The number of halogens is 1. The maximum absolute atomic E-state index is 13.9. The molecular weight excluding hydrogens is 506 g/mol. The van der Waals surface area contributed by atoms with Crippen LogP contribution in [0.1, 0.15) is 15.9 Å². The molecule has 0 aliphatic rings. The van der Waals surface area contributed by atoms with Gasteiger partial charge < -0.3 is 4.74 Å². The Morgan fingerprint density at radius 2 is 1.43 bits per heavy atom. The SMILES string of the molecule is O=C(Oc1cccc2ccccc12)c1cccc(S(=O)(=O)N(Cc2ccccc2)c2ccccc2Cl)c1. The Labute approximate surface area is 220 Å². The van der Waals surface area contributed by atoms with Gasteiger partial charge in [0.25, 0.3) is 10.0 Å². The molecule has 0 amide bonds. The molecule has 0 aliphatic heterocycles. The molecule has 0 aliphatic carbocycles. The lowest BCUT2D eigenvalue weighted by molar-refractivity contribution is 0.0737. The molecule has 0 saturated heterocycles. The maximum atomic E-state index is 13.9. The molecule has 5 rings (SSSR count). The molecule has 0 aromatic heterocycles. The number of nitrogens with zero attached hydrogens (tertiary/aromatic N) is 1. The molecule has 0 spiro atoms. The van der Waals surface area contributed by atoms with E-state index in [-0.39, 0.29) is 17.0 Å². The van der Waals surface area contributed by atoms with Crippen molar-refractivity contribution < 1.29 is 17.9 Å². The zero-order chi connectivity index (χ0) is 25.8. The topological polar surface area (TPSA) is 63.7 Å². The van der Waals surface area contributed by atoms with Gasteiger partial charge in [-0.05, 0) is 47.3 Å². The Balaban J connectivity index is 1.50. The fourth-order valence-corrected chi connectivity index (χ4v) is 5.86. The molecular formula is C30H22ClNO4S. The fourth-order valence-electron chi connectivity index (χ4n) is 4.06. The van der Waals surface area contributed by atoms with Crippen molar-refractivity contribution in [2.24, 2.45) is 0 Å². The van der Waals surface area contributed by atoms with Crippen molar-refractivity contribution in [3.8, 4) is 5.75 Å². The second-order valence-electron chi connectivity index (χ2n) is 8.34. The lowest BCUT2D eigenvalue weighted by atomic mass is 10.1. The van der Waals surface area contributed by atoms with Crippen molar-refractivity contribution in [2.45, 2.75) is 11.4 Å².